The zero-order valence-electron chi connectivity index (χ0n) is 14.0. The van der Waals surface area contributed by atoms with E-state index in [1.54, 1.807) is 24.3 Å². The summed E-state index contributed by atoms with van der Waals surface area (Å²) in [5.41, 5.74) is 1.38. The van der Waals surface area contributed by atoms with Crippen molar-refractivity contribution < 1.29 is 19.1 Å². The molecule has 6 heteroatoms. The van der Waals surface area contributed by atoms with Crippen LogP contribution in [0.2, 0.25) is 0 Å². The number of benzene rings is 1. The molecule has 1 aliphatic rings. The molecule has 0 bridgehead atoms. The molecule has 0 heterocycles. The number of urea groups is 1. The topological polar surface area (TPSA) is 76.7 Å². The Hall–Kier alpha value is -2.50. The molecule has 0 saturated carbocycles. The van der Waals surface area contributed by atoms with E-state index in [4.69, 9.17) is 9.47 Å². The highest BCUT2D eigenvalue weighted by Gasteiger charge is 2.10. The first kappa shape index (κ1) is 17.8. The fraction of sp³-hybridized carbons (Fsp3) is 0.444. The molecule has 0 fully saturated rings. The summed E-state index contributed by atoms with van der Waals surface area (Å²) in [6.45, 7) is 0.275. The summed E-state index contributed by atoms with van der Waals surface area (Å²) < 4.78 is 10.5. The molecule has 1 aliphatic carbocycles. The molecule has 0 spiro atoms. The second-order valence-electron chi connectivity index (χ2n) is 5.60. The number of hydrogen-bond donors (Lipinski definition) is 2. The van der Waals surface area contributed by atoms with Crippen molar-refractivity contribution >= 4 is 11.9 Å². The normalized spacial score (nSPS) is 13.6. The predicted octanol–water partition coefficient (Wildman–Crippen LogP) is 2.79. The van der Waals surface area contributed by atoms with Gasteiger partial charge in [-0.1, -0.05) is 23.8 Å². The van der Waals surface area contributed by atoms with E-state index in [1.165, 1.54) is 25.5 Å². The molecule has 1 aromatic carbocycles. The second kappa shape index (κ2) is 9.60. The molecular weight excluding hydrogens is 308 g/mol. The van der Waals surface area contributed by atoms with Crippen molar-refractivity contribution in [1.82, 2.24) is 10.6 Å². The van der Waals surface area contributed by atoms with Gasteiger partial charge < -0.3 is 14.8 Å². The van der Waals surface area contributed by atoms with Gasteiger partial charge in [0.1, 0.15) is 0 Å². The van der Waals surface area contributed by atoms with Gasteiger partial charge in [0.25, 0.3) is 5.91 Å². The molecule has 0 aliphatic heterocycles. The third-order valence-electron chi connectivity index (χ3n) is 3.80. The molecular formula is C18H24N2O4. The summed E-state index contributed by atoms with van der Waals surface area (Å²) in [5, 5.41) is 4.94. The van der Waals surface area contributed by atoms with Crippen molar-refractivity contribution in [3.8, 4) is 11.5 Å². The Morgan fingerprint density at radius 1 is 1.17 bits per heavy atom. The summed E-state index contributed by atoms with van der Waals surface area (Å²) in [6.07, 6.45) is 7.78. The smallest absolute Gasteiger partial charge is 0.321 e. The summed E-state index contributed by atoms with van der Waals surface area (Å²) >= 11 is 0. The van der Waals surface area contributed by atoms with Crippen molar-refractivity contribution in [1.29, 1.82) is 0 Å². The third kappa shape index (κ3) is 5.95. The van der Waals surface area contributed by atoms with Gasteiger partial charge in [-0.15, -0.1) is 0 Å². The van der Waals surface area contributed by atoms with Crippen molar-refractivity contribution in [2.24, 2.45) is 0 Å². The number of nitrogens with one attached hydrogen (secondary N) is 2. The minimum Gasteiger partial charge on any atom is -0.493 e. The third-order valence-corrected chi connectivity index (χ3v) is 3.80. The fourth-order valence-electron chi connectivity index (χ4n) is 2.56. The first-order valence-corrected chi connectivity index (χ1v) is 8.20. The average molecular weight is 332 g/mol. The summed E-state index contributed by atoms with van der Waals surface area (Å²) in [7, 11) is 1.53. The minimum atomic E-state index is -0.504. The minimum absolute atomic E-state index is 0.251. The summed E-state index contributed by atoms with van der Waals surface area (Å²) in [5.74, 6) is 0.491. The Kier molecular flexibility index (Phi) is 7.14. The highest BCUT2D eigenvalue weighted by molar-refractivity contribution is 5.95. The molecule has 24 heavy (non-hydrogen) atoms. The van der Waals surface area contributed by atoms with Crippen LogP contribution < -0.4 is 20.1 Å². The average Bonchev–Trinajstić information content (AvgIpc) is 2.61. The lowest BCUT2D eigenvalue weighted by Crippen LogP contribution is -2.42. The van der Waals surface area contributed by atoms with Crippen molar-refractivity contribution in [3.63, 3.8) is 0 Å². The van der Waals surface area contributed by atoms with Gasteiger partial charge in [-0.05, 0) is 44.2 Å². The number of hydrogen-bond acceptors (Lipinski definition) is 4. The van der Waals surface area contributed by atoms with E-state index >= 15 is 0 Å². The lowest BCUT2D eigenvalue weighted by atomic mass is 9.97. The van der Waals surface area contributed by atoms with E-state index in [1.807, 2.05) is 0 Å². The molecule has 0 atom stereocenters. The molecule has 0 saturated heterocycles. The fourth-order valence-corrected chi connectivity index (χ4v) is 2.56. The quantitative estimate of drug-likeness (QED) is 0.753. The van der Waals surface area contributed by atoms with Crippen LogP contribution in [0.4, 0.5) is 4.79 Å². The van der Waals surface area contributed by atoms with E-state index in [2.05, 4.69) is 16.7 Å². The van der Waals surface area contributed by atoms with Crippen LogP contribution in [0.3, 0.4) is 0 Å². The van der Waals surface area contributed by atoms with Crippen LogP contribution in [0, 0.1) is 0 Å². The van der Waals surface area contributed by atoms with E-state index in [9.17, 15) is 9.59 Å². The van der Waals surface area contributed by atoms with Gasteiger partial charge in [-0.25, -0.2) is 4.79 Å². The molecule has 2 N–H and O–H groups in total. The molecule has 3 amide bonds. The number of ether oxygens (including phenoxy) is 2. The molecule has 0 radical (unpaired) electrons. The van der Waals surface area contributed by atoms with Crippen molar-refractivity contribution in [2.75, 3.05) is 20.3 Å². The van der Waals surface area contributed by atoms with Crippen LogP contribution in [0.5, 0.6) is 11.5 Å². The Bertz CT molecular complexity index is 598. The van der Waals surface area contributed by atoms with Gasteiger partial charge in [-0.3, -0.25) is 10.1 Å². The predicted molar refractivity (Wildman–Crippen MR) is 91.2 cm³/mol. The largest absolute Gasteiger partial charge is 0.493 e. The van der Waals surface area contributed by atoms with Gasteiger partial charge in [0, 0.05) is 6.54 Å². The van der Waals surface area contributed by atoms with E-state index < -0.39 is 11.9 Å². The Morgan fingerprint density at radius 3 is 2.67 bits per heavy atom. The van der Waals surface area contributed by atoms with Gasteiger partial charge in [0.05, 0.1) is 7.11 Å². The van der Waals surface area contributed by atoms with Crippen LogP contribution in [-0.2, 0) is 4.79 Å². The summed E-state index contributed by atoms with van der Waals surface area (Å²) in [4.78, 5) is 23.4. The molecule has 0 unspecified atom stereocenters. The zero-order valence-corrected chi connectivity index (χ0v) is 14.0. The lowest BCUT2D eigenvalue weighted by molar-refractivity contribution is -0.122. The van der Waals surface area contributed by atoms with Crippen LogP contribution in [0.15, 0.2) is 35.9 Å². The second-order valence-corrected chi connectivity index (χ2v) is 5.60. The SMILES string of the molecule is COc1ccccc1OCC(=O)NC(=O)NCCC1=CCCCC1. The lowest BCUT2D eigenvalue weighted by Gasteiger charge is -2.13. The number of allylic oxidation sites excluding steroid dienone is 1. The van der Waals surface area contributed by atoms with Crippen molar-refractivity contribution in [2.45, 2.75) is 32.1 Å². The molecule has 0 aromatic heterocycles. The number of imide groups is 1. The maximum Gasteiger partial charge on any atom is 0.321 e. The van der Waals surface area contributed by atoms with E-state index in [-0.39, 0.29) is 6.61 Å². The van der Waals surface area contributed by atoms with Crippen LogP contribution in [-0.4, -0.2) is 32.2 Å². The van der Waals surface area contributed by atoms with Crippen LogP contribution in [0.25, 0.3) is 0 Å². The number of methoxy groups -OCH3 is 1. The number of para-hydroxylation sites is 2. The molecule has 1 aromatic rings. The molecule has 130 valence electrons. The standard InChI is InChI=1S/C18H24N2O4/c1-23-15-9-5-6-10-16(15)24-13-17(21)20-18(22)19-12-11-14-7-3-2-4-8-14/h5-7,9-10H,2-4,8,11-13H2,1H3,(H2,19,20,21,22). The molecule has 6 nitrogen and oxygen atoms in total. The number of rotatable bonds is 7. The first-order valence-electron chi connectivity index (χ1n) is 8.20. The number of carbonyl (C=O) groups excluding carboxylic acids is 2. The van der Waals surface area contributed by atoms with Gasteiger partial charge in [0.2, 0.25) is 0 Å². The Labute approximate surface area is 142 Å². The molecule has 2 rings (SSSR count). The van der Waals surface area contributed by atoms with Crippen molar-refractivity contribution in [3.05, 3.63) is 35.9 Å². The summed E-state index contributed by atoms with van der Waals surface area (Å²) in [6, 6.07) is 6.52. The number of carbonyl (C=O) groups is 2. The van der Waals surface area contributed by atoms with Gasteiger partial charge >= 0.3 is 6.03 Å². The Balaban J connectivity index is 1.66. The zero-order chi connectivity index (χ0) is 17.2. The maximum atomic E-state index is 11.7. The Morgan fingerprint density at radius 2 is 1.96 bits per heavy atom. The van der Waals surface area contributed by atoms with E-state index in [0.29, 0.717) is 18.0 Å². The monoisotopic (exact) mass is 332 g/mol. The van der Waals surface area contributed by atoms with Crippen LogP contribution >= 0.6 is 0 Å². The van der Waals surface area contributed by atoms with Gasteiger partial charge in [-0.2, -0.15) is 0 Å². The maximum absolute atomic E-state index is 11.7. The highest BCUT2D eigenvalue weighted by atomic mass is 16.5. The highest BCUT2D eigenvalue weighted by Crippen LogP contribution is 2.25. The van der Waals surface area contributed by atoms with Gasteiger partial charge in [0.15, 0.2) is 18.1 Å². The first-order chi connectivity index (χ1) is 11.7. The number of amides is 3. The van der Waals surface area contributed by atoms with E-state index in [0.717, 1.165) is 19.3 Å². The van der Waals surface area contributed by atoms with Crippen LogP contribution in [0.1, 0.15) is 32.1 Å².